The standard InChI is InChI=1S/C21H29N5O/c1-27-19-6-2-10-22-20(19)17-7-14-25(15-8-17)18-5-3-13-26(16-9-18)21-23-11-4-12-24-21/h2,4,6,10-12,17-18H,3,5,7-9,13-16H2,1H3. The molecule has 0 saturated carbocycles. The summed E-state index contributed by atoms with van der Waals surface area (Å²) in [6, 6.07) is 6.53. The van der Waals surface area contributed by atoms with Crippen LogP contribution >= 0.6 is 0 Å². The van der Waals surface area contributed by atoms with Gasteiger partial charge in [-0.25, -0.2) is 9.97 Å². The van der Waals surface area contributed by atoms with Crippen LogP contribution in [0.1, 0.15) is 43.7 Å². The Hall–Kier alpha value is -2.21. The Morgan fingerprint density at radius 1 is 0.889 bits per heavy atom. The molecule has 0 N–H and O–H groups in total. The Balaban J connectivity index is 1.33. The average Bonchev–Trinajstić information content (AvgIpc) is 3.01. The van der Waals surface area contributed by atoms with Crippen LogP contribution in [0, 0.1) is 0 Å². The van der Waals surface area contributed by atoms with Gasteiger partial charge in [-0.05, 0) is 63.4 Å². The van der Waals surface area contributed by atoms with E-state index >= 15 is 0 Å². The maximum Gasteiger partial charge on any atom is 0.225 e. The first-order valence-corrected chi connectivity index (χ1v) is 10.1. The molecule has 0 radical (unpaired) electrons. The van der Waals surface area contributed by atoms with Gasteiger partial charge in [0.05, 0.1) is 12.8 Å². The summed E-state index contributed by atoms with van der Waals surface area (Å²) in [6.45, 7) is 4.40. The van der Waals surface area contributed by atoms with Crippen molar-refractivity contribution in [2.45, 2.75) is 44.1 Å². The fourth-order valence-electron chi connectivity index (χ4n) is 4.52. The van der Waals surface area contributed by atoms with Gasteiger partial charge in [0.2, 0.25) is 5.95 Å². The summed E-state index contributed by atoms with van der Waals surface area (Å²) in [5, 5.41) is 0. The van der Waals surface area contributed by atoms with Gasteiger partial charge >= 0.3 is 0 Å². The van der Waals surface area contributed by atoms with Crippen molar-refractivity contribution in [3.8, 4) is 5.75 Å². The molecule has 1 atom stereocenters. The minimum absolute atomic E-state index is 0.511. The van der Waals surface area contributed by atoms with Gasteiger partial charge < -0.3 is 14.5 Å². The molecule has 2 fully saturated rings. The summed E-state index contributed by atoms with van der Waals surface area (Å²) in [7, 11) is 1.74. The van der Waals surface area contributed by atoms with Crippen molar-refractivity contribution in [2.75, 3.05) is 38.2 Å². The third kappa shape index (κ3) is 4.21. The molecule has 27 heavy (non-hydrogen) atoms. The second-order valence-electron chi connectivity index (χ2n) is 7.52. The molecule has 2 aliphatic heterocycles. The first-order valence-electron chi connectivity index (χ1n) is 10.1. The van der Waals surface area contributed by atoms with Crippen LogP contribution in [0.5, 0.6) is 5.75 Å². The van der Waals surface area contributed by atoms with Crippen molar-refractivity contribution >= 4 is 5.95 Å². The first kappa shape index (κ1) is 18.2. The Bertz CT molecular complexity index is 718. The second kappa shape index (κ2) is 8.65. The number of hydrogen-bond acceptors (Lipinski definition) is 6. The van der Waals surface area contributed by atoms with Gasteiger partial charge in [0.15, 0.2) is 0 Å². The molecule has 6 nitrogen and oxygen atoms in total. The van der Waals surface area contributed by atoms with Gasteiger partial charge in [-0.1, -0.05) is 0 Å². The van der Waals surface area contributed by atoms with Crippen molar-refractivity contribution in [1.82, 2.24) is 19.9 Å². The summed E-state index contributed by atoms with van der Waals surface area (Å²) in [4.78, 5) is 18.5. The minimum atomic E-state index is 0.511. The van der Waals surface area contributed by atoms with E-state index < -0.39 is 0 Å². The average molecular weight is 367 g/mol. The molecule has 2 saturated heterocycles. The molecule has 0 aromatic carbocycles. The smallest absolute Gasteiger partial charge is 0.225 e. The molecular formula is C21H29N5O. The normalized spacial score (nSPS) is 22.4. The molecule has 2 aromatic rings. The number of likely N-dealkylation sites (tertiary alicyclic amines) is 1. The lowest BCUT2D eigenvalue weighted by Crippen LogP contribution is -2.41. The summed E-state index contributed by atoms with van der Waals surface area (Å²) in [5.74, 6) is 2.32. The van der Waals surface area contributed by atoms with E-state index in [2.05, 4.69) is 24.8 Å². The highest BCUT2D eigenvalue weighted by molar-refractivity contribution is 5.30. The molecular weight excluding hydrogens is 338 g/mol. The van der Waals surface area contributed by atoms with Gasteiger partial charge in [0.25, 0.3) is 0 Å². The quantitative estimate of drug-likeness (QED) is 0.828. The van der Waals surface area contributed by atoms with Crippen LogP contribution in [0.4, 0.5) is 5.95 Å². The van der Waals surface area contributed by atoms with Crippen LogP contribution in [0.3, 0.4) is 0 Å². The Morgan fingerprint density at radius 2 is 1.67 bits per heavy atom. The molecule has 1 unspecified atom stereocenters. The highest BCUT2D eigenvalue weighted by atomic mass is 16.5. The van der Waals surface area contributed by atoms with Gasteiger partial charge in [-0.15, -0.1) is 0 Å². The monoisotopic (exact) mass is 367 g/mol. The molecule has 0 aliphatic carbocycles. The lowest BCUT2D eigenvalue weighted by atomic mass is 9.91. The lowest BCUT2D eigenvalue weighted by molar-refractivity contribution is 0.140. The molecule has 2 aromatic heterocycles. The number of ether oxygens (including phenoxy) is 1. The van der Waals surface area contributed by atoms with E-state index in [4.69, 9.17) is 4.74 Å². The number of methoxy groups -OCH3 is 1. The Kier molecular flexibility index (Phi) is 5.82. The van der Waals surface area contributed by atoms with Crippen LogP contribution in [0.25, 0.3) is 0 Å². The molecule has 6 heteroatoms. The van der Waals surface area contributed by atoms with Gasteiger partial charge in [-0.3, -0.25) is 4.98 Å². The van der Waals surface area contributed by atoms with Gasteiger partial charge in [-0.2, -0.15) is 0 Å². The molecule has 0 spiro atoms. The predicted molar refractivity (Wildman–Crippen MR) is 106 cm³/mol. The maximum atomic E-state index is 5.52. The minimum Gasteiger partial charge on any atom is -0.495 e. The van der Waals surface area contributed by atoms with E-state index in [0.717, 1.165) is 56.4 Å². The van der Waals surface area contributed by atoms with Crippen LogP contribution < -0.4 is 9.64 Å². The summed E-state index contributed by atoms with van der Waals surface area (Å²) >= 11 is 0. The largest absolute Gasteiger partial charge is 0.495 e. The van der Waals surface area contributed by atoms with Crippen LogP contribution in [0.15, 0.2) is 36.8 Å². The van der Waals surface area contributed by atoms with Crippen LogP contribution in [-0.2, 0) is 0 Å². The third-order valence-electron chi connectivity index (χ3n) is 5.98. The Labute approximate surface area is 161 Å². The third-order valence-corrected chi connectivity index (χ3v) is 5.98. The van der Waals surface area contributed by atoms with E-state index in [1.54, 1.807) is 7.11 Å². The number of piperidine rings is 1. The molecule has 144 valence electrons. The van der Waals surface area contributed by atoms with E-state index in [0.29, 0.717) is 12.0 Å². The number of nitrogens with zero attached hydrogens (tertiary/aromatic N) is 5. The molecule has 2 aliphatic rings. The predicted octanol–water partition coefficient (Wildman–Crippen LogP) is 3.12. The highest BCUT2D eigenvalue weighted by Crippen LogP contribution is 2.34. The zero-order valence-corrected chi connectivity index (χ0v) is 16.1. The number of rotatable bonds is 4. The molecule has 4 heterocycles. The Morgan fingerprint density at radius 3 is 2.44 bits per heavy atom. The molecule has 4 rings (SSSR count). The topological polar surface area (TPSA) is 54.4 Å². The van der Waals surface area contributed by atoms with Crippen molar-refractivity contribution < 1.29 is 4.74 Å². The van der Waals surface area contributed by atoms with Crippen LogP contribution in [0.2, 0.25) is 0 Å². The summed E-state index contributed by atoms with van der Waals surface area (Å²) < 4.78 is 5.52. The van der Waals surface area contributed by atoms with Crippen LogP contribution in [-0.4, -0.2) is 59.2 Å². The number of pyridine rings is 1. The summed E-state index contributed by atoms with van der Waals surface area (Å²) in [6.07, 6.45) is 11.5. The van der Waals surface area contributed by atoms with E-state index in [1.165, 1.54) is 19.3 Å². The number of anilines is 1. The zero-order valence-electron chi connectivity index (χ0n) is 16.1. The van der Waals surface area contributed by atoms with E-state index in [-0.39, 0.29) is 0 Å². The number of hydrogen-bond donors (Lipinski definition) is 0. The van der Waals surface area contributed by atoms with E-state index in [1.807, 2.05) is 36.8 Å². The lowest BCUT2D eigenvalue weighted by Gasteiger charge is -2.37. The van der Waals surface area contributed by atoms with Gasteiger partial charge in [0.1, 0.15) is 5.75 Å². The van der Waals surface area contributed by atoms with Gasteiger partial charge in [0, 0.05) is 43.6 Å². The molecule has 0 bridgehead atoms. The zero-order chi connectivity index (χ0) is 18.5. The van der Waals surface area contributed by atoms with Crippen molar-refractivity contribution in [3.63, 3.8) is 0 Å². The highest BCUT2D eigenvalue weighted by Gasteiger charge is 2.29. The second-order valence-corrected chi connectivity index (χ2v) is 7.52. The fourth-order valence-corrected chi connectivity index (χ4v) is 4.52. The fraction of sp³-hybridized carbons (Fsp3) is 0.571. The van der Waals surface area contributed by atoms with E-state index in [9.17, 15) is 0 Å². The molecule has 0 amide bonds. The van der Waals surface area contributed by atoms with Crippen molar-refractivity contribution in [3.05, 3.63) is 42.5 Å². The number of aromatic nitrogens is 3. The van der Waals surface area contributed by atoms with Crippen molar-refractivity contribution in [1.29, 1.82) is 0 Å². The first-order chi connectivity index (χ1) is 13.3. The maximum absolute atomic E-state index is 5.52. The van der Waals surface area contributed by atoms with Crippen molar-refractivity contribution in [2.24, 2.45) is 0 Å². The SMILES string of the molecule is COc1cccnc1C1CCN(C2CCCN(c3ncccn3)CC2)CC1. The summed E-state index contributed by atoms with van der Waals surface area (Å²) in [5.41, 5.74) is 1.13.